The number of H-pyrrole nitrogens is 1. The molecule has 2 aromatic heterocycles. The molecule has 0 unspecified atom stereocenters. The van der Waals surface area contributed by atoms with E-state index in [0.717, 1.165) is 24.8 Å². The monoisotopic (exact) mass is 341 g/mol. The molecule has 0 bridgehead atoms. The van der Waals surface area contributed by atoms with Gasteiger partial charge < -0.3 is 5.73 Å². The van der Waals surface area contributed by atoms with Crippen molar-refractivity contribution in [1.29, 1.82) is 0 Å². The molecule has 7 heteroatoms. The summed E-state index contributed by atoms with van der Waals surface area (Å²) in [5.41, 5.74) is 9.05. The summed E-state index contributed by atoms with van der Waals surface area (Å²) < 4.78 is 1.90. The number of aromatic amines is 1. The average molecular weight is 341 g/mol. The minimum Gasteiger partial charge on any atom is -0.368 e. The fraction of sp³-hybridized carbons (Fsp3) is 0.353. The molecule has 0 saturated carbocycles. The van der Waals surface area contributed by atoms with Crippen LogP contribution in [0, 0.1) is 5.92 Å². The molecule has 124 valence electrons. The highest BCUT2D eigenvalue weighted by Crippen LogP contribution is 2.34. The molecule has 1 aromatic carbocycles. The van der Waals surface area contributed by atoms with Crippen LogP contribution in [-0.4, -0.2) is 31.4 Å². The second kappa shape index (κ2) is 5.98. The van der Waals surface area contributed by atoms with Gasteiger partial charge in [0, 0.05) is 11.1 Å². The van der Waals surface area contributed by atoms with E-state index in [-0.39, 0.29) is 17.6 Å². The number of anilines is 1. The van der Waals surface area contributed by atoms with E-state index in [1.54, 1.807) is 0 Å². The highest BCUT2D eigenvalue weighted by molar-refractivity contribution is 7.99. The average Bonchev–Trinajstić information content (AvgIpc) is 3.14. The van der Waals surface area contributed by atoms with Gasteiger partial charge in [0.05, 0.1) is 11.3 Å². The molecule has 0 aliphatic heterocycles. The van der Waals surface area contributed by atoms with Crippen molar-refractivity contribution in [3.63, 3.8) is 0 Å². The van der Waals surface area contributed by atoms with Crippen molar-refractivity contribution in [2.75, 3.05) is 11.5 Å². The summed E-state index contributed by atoms with van der Waals surface area (Å²) in [5.74, 6) is 1.29. The fourth-order valence-corrected chi connectivity index (χ4v) is 4.14. The lowest BCUT2D eigenvalue weighted by molar-refractivity contribution is 0.0943. The summed E-state index contributed by atoms with van der Waals surface area (Å²) >= 11 is 1.30. The normalized spacial score (nSPS) is 17.1. The van der Waals surface area contributed by atoms with Gasteiger partial charge in [0.1, 0.15) is 0 Å². The first-order valence-corrected chi connectivity index (χ1v) is 9.07. The Morgan fingerprint density at radius 2 is 2.29 bits per heavy atom. The van der Waals surface area contributed by atoms with Crippen LogP contribution in [0.2, 0.25) is 0 Å². The van der Waals surface area contributed by atoms with Gasteiger partial charge >= 0.3 is 0 Å². The van der Waals surface area contributed by atoms with Crippen molar-refractivity contribution < 1.29 is 4.79 Å². The molecule has 4 rings (SSSR count). The number of aromatic nitrogens is 4. The largest absolute Gasteiger partial charge is 0.368 e. The van der Waals surface area contributed by atoms with Gasteiger partial charge in [0.25, 0.3) is 0 Å². The number of nitrogen functional groups attached to an aromatic ring is 1. The van der Waals surface area contributed by atoms with Crippen molar-refractivity contribution >= 4 is 34.5 Å². The van der Waals surface area contributed by atoms with Gasteiger partial charge in [-0.1, -0.05) is 36.9 Å². The van der Waals surface area contributed by atoms with E-state index in [9.17, 15) is 4.79 Å². The molecular formula is C17H19N5OS. The van der Waals surface area contributed by atoms with Gasteiger partial charge in [-0.3, -0.25) is 9.36 Å². The number of benzene rings is 1. The van der Waals surface area contributed by atoms with E-state index < -0.39 is 0 Å². The maximum atomic E-state index is 12.9. The van der Waals surface area contributed by atoms with Crippen molar-refractivity contribution in [1.82, 2.24) is 19.7 Å². The lowest BCUT2D eigenvalue weighted by Crippen LogP contribution is -2.20. The third kappa shape index (κ3) is 2.58. The third-order valence-corrected chi connectivity index (χ3v) is 5.40. The predicted octanol–water partition coefficient (Wildman–Crippen LogP) is 2.90. The Bertz CT molecular complexity index is 913. The van der Waals surface area contributed by atoms with E-state index in [4.69, 9.17) is 5.73 Å². The lowest BCUT2D eigenvalue weighted by atomic mass is 9.88. The zero-order chi connectivity index (χ0) is 16.7. The first kappa shape index (κ1) is 15.3. The number of carbonyl (C=O) groups is 1. The minimum absolute atomic E-state index is 0.0652. The van der Waals surface area contributed by atoms with Crippen LogP contribution in [0.25, 0.3) is 10.9 Å². The molecule has 1 aliphatic carbocycles. The minimum atomic E-state index is 0.0652. The maximum absolute atomic E-state index is 12.9. The Hall–Kier alpha value is -2.28. The number of para-hydroxylation sites is 1. The number of nitrogens with one attached hydrogen (secondary N) is 1. The van der Waals surface area contributed by atoms with Gasteiger partial charge in [0.2, 0.25) is 17.0 Å². The predicted molar refractivity (Wildman–Crippen MR) is 95.3 cm³/mol. The highest BCUT2D eigenvalue weighted by Gasteiger charge is 2.25. The molecule has 0 radical (unpaired) electrons. The molecule has 1 atom stereocenters. The van der Waals surface area contributed by atoms with Crippen LogP contribution in [0.5, 0.6) is 0 Å². The summed E-state index contributed by atoms with van der Waals surface area (Å²) in [6, 6.07) is 8.19. The number of nitrogens with two attached hydrogens (primary N) is 1. The summed E-state index contributed by atoms with van der Waals surface area (Å²) in [6.45, 7) is 2.28. The Morgan fingerprint density at radius 3 is 3.08 bits per heavy atom. The van der Waals surface area contributed by atoms with Crippen molar-refractivity contribution in [2.24, 2.45) is 5.92 Å². The molecule has 6 nitrogen and oxygen atoms in total. The standard InChI is InChI=1S/C17H19N5OS/c1-10-6-7-14-12(8-10)11-4-2-3-5-13(11)22(14)15(23)9-24-17-19-16(18)20-21-17/h2-5,10H,6-9H2,1H3,(H3,18,19,20,21)/t10-/m1/s1. The number of hydrogen-bond donors (Lipinski definition) is 2. The molecule has 3 N–H and O–H groups in total. The van der Waals surface area contributed by atoms with E-state index in [0.29, 0.717) is 11.1 Å². The summed E-state index contributed by atoms with van der Waals surface area (Å²) in [6.07, 6.45) is 3.12. The van der Waals surface area contributed by atoms with Crippen LogP contribution in [0.1, 0.15) is 29.4 Å². The molecule has 0 amide bonds. The number of carbonyl (C=O) groups excluding carboxylic acids is 1. The van der Waals surface area contributed by atoms with E-state index in [2.05, 4.69) is 28.2 Å². The van der Waals surface area contributed by atoms with Crippen LogP contribution in [0.4, 0.5) is 5.95 Å². The topological polar surface area (TPSA) is 89.6 Å². The second-order valence-electron chi connectivity index (χ2n) is 6.31. The Balaban J connectivity index is 1.69. The van der Waals surface area contributed by atoms with E-state index in [1.807, 2.05) is 22.8 Å². The van der Waals surface area contributed by atoms with Gasteiger partial charge in [-0.15, -0.1) is 5.10 Å². The summed E-state index contributed by atoms with van der Waals surface area (Å²) in [5, 5.41) is 8.27. The molecule has 1 aliphatic rings. The van der Waals surface area contributed by atoms with Crippen LogP contribution in [0.15, 0.2) is 29.4 Å². The number of nitrogens with zero attached hydrogens (tertiary/aromatic N) is 3. The molecule has 3 aromatic rings. The van der Waals surface area contributed by atoms with Crippen LogP contribution < -0.4 is 5.73 Å². The van der Waals surface area contributed by atoms with Crippen molar-refractivity contribution in [3.8, 4) is 0 Å². The number of thioether (sulfide) groups is 1. The molecule has 0 spiro atoms. The first-order valence-electron chi connectivity index (χ1n) is 8.08. The quantitative estimate of drug-likeness (QED) is 0.715. The zero-order valence-corrected chi connectivity index (χ0v) is 14.3. The summed E-state index contributed by atoms with van der Waals surface area (Å²) in [7, 11) is 0. The van der Waals surface area contributed by atoms with Gasteiger partial charge in [-0.25, -0.2) is 5.10 Å². The number of rotatable bonds is 3. The van der Waals surface area contributed by atoms with Crippen molar-refractivity contribution in [3.05, 3.63) is 35.5 Å². The second-order valence-corrected chi connectivity index (χ2v) is 7.25. The highest BCUT2D eigenvalue weighted by atomic mass is 32.2. The molecule has 0 saturated heterocycles. The van der Waals surface area contributed by atoms with Crippen LogP contribution in [0.3, 0.4) is 0 Å². The summed E-state index contributed by atoms with van der Waals surface area (Å²) in [4.78, 5) is 16.9. The third-order valence-electron chi connectivity index (χ3n) is 4.57. The number of hydrogen-bond acceptors (Lipinski definition) is 5. The Morgan fingerprint density at radius 1 is 1.46 bits per heavy atom. The van der Waals surface area contributed by atoms with Gasteiger partial charge in [0.15, 0.2) is 0 Å². The zero-order valence-electron chi connectivity index (χ0n) is 13.5. The van der Waals surface area contributed by atoms with Crippen LogP contribution in [-0.2, 0) is 12.8 Å². The molecule has 2 heterocycles. The maximum Gasteiger partial charge on any atom is 0.241 e. The molecule has 0 fully saturated rings. The molecule has 24 heavy (non-hydrogen) atoms. The van der Waals surface area contributed by atoms with Gasteiger partial charge in [-0.05, 0) is 36.8 Å². The first-order chi connectivity index (χ1) is 11.6. The smallest absolute Gasteiger partial charge is 0.241 e. The SMILES string of the molecule is C[C@@H]1CCc2c(c3ccccc3n2C(=O)CSc2n[nH]c(N)n2)C1. The van der Waals surface area contributed by atoms with E-state index >= 15 is 0 Å². The molecular weight excluding hydrogens is 322 g/mol. The van der Waals surface area contributed by atoms with Crippen molar-refractivity contribution in [2.45, 2.75) is 31.3 Å². The van der Waals surface area contributed by atoms with Gasteiger partial charge in [-0.2, -0.15) is 4.98 Å². The fourth-order valence-electron chi connectivity index (χ4n) is 3.48. The lowest BCUT2D eigenvalue weighted by Gasteiger charge is -2.20. The van der Waals surface area contributed by atoms with Crippen LogP contribution >= 0.6 is 11.8 Å². The van der Waals surface area contributed by atoms with E-state index in [1.165, 1.54) is 28.4 Å². The Labute approximate surface area is 143 Å². The Kier molecular flexibility index (Phi) is 3.80. The number of fused-ring (bicyclic) bond motifs is 3.